The molecule has 8 heteroatoms. The maximum absolute atomic E-state index is 12.2. The fourth-order valence-corrected chi connectivity index (χ4v) is 2.19. The van der Waals surface area contributed by atoms with Crippen LogP contribution in [0.1, 0.15) is 6.42 Å². The third-order valence-corrected chi connectivity index (χ3v) is 3.34. The number of nitrogens with zero attached hydrogens (tertiary/aromatic N) is 1. The van der Waals surface area contributed by atoms with Gasteiger partial charge in [-0.2, -0.15) is 0 Å². The lowest BCUT2D eigenvalue weighted by Gasteiger charge is -2.15. The van der Waals surface area contributed by atoms with Crippen molar-refractivity contribution >= 4 is 34.1 Å². The molecule has 1 aromatic rings. The zero-order chi connectivity index (χ0) is 17.0. The highest BCUT2D eigenvalue weighted by Gasteiger charge is 2.23. The minimum Gasteiger partial charge on any atom is -0.493 e. The zero-order valence-electron chi connectivity index (χ0n) is 12.8. The van der Waals surface area contributed by atoms with E-state index in [9.17, 15) is 9.59 Å². The molecule has 1 aliphatic heterocycles. The fourth-order valence-electron chi connectivity index (χ4n) is 2.02. The molecule has 0 aromatic heterocycles. The van der Waals surface area contributed by atoms with Gasteiger partial charge < -0.3 is 19.5 Å². The van der Waals surface area contributed by atoms with Crippen molar-refractivity contribution in [3.63, 3.8) is 0 Å². The summed E-state index contributed by atoms with van der Waals surface area (Å²) in [4.78, 5) is 27.8. The predicted molar refractivity (Wildman–Crippen MR) is 85.7 cm³/mol. The van der Waals surface area contributed by atoms with E-state index >= 15 is 0 Å². The van der Waals surface area contributed by atoms with Gasteiger partial charge >= 0.3 is 0 Å². The highest BCUT2D eigenvalue weighted by Crippen LogP contribution is 2.40. The second-order valence-electron chi connectivity index (χ2n) is 4.52. The van der Waals surface area contributed by atoms with Gasteiger partial charge in [-0.3, -0.25) is 9.59 Å². The smallest absolute Gasteiger partial charge is 0.260 e. The maximum Gasteiger partial charge on any atom is 0.260 e. The van der Waals surface area contributed by atoms with Crippen LogP contribution in [0.2, 0.25) is 0 Å². The van der Waals surface area contributed by atoms with Gasteiger partial charge in [0.15, 0.2) is 17.3 Å². The number of ketones is 1. The number of halogens is 1. The standard InChI is InChI=1S/C15H15ClN2O5/c1-21-11-4-8(5-12(22-2)14(11)23-3)18-15(20)9-7-17-13(16)6-10(9)19/h4-5,7H,6H2,1-3H3,(H,18,20). The van der Waals surface area contributed by atoms with Crippen LogP contribution in [0.3, 0.4) is 0 Å². The van der Waals surface area contributed by atoms with Gasteiger partial charge in [0, 0.05) is 24.0 Å². The lowest BCUT2D eigenvalue weighted by molar-refractivity contribution is -0.119. The van der Waals surface area contributed by atoms with E-state index in [2.05, 4.69) is 10.3 Å². The van der Waals surface area contributed by atoms with Gasteiger partial charge in [0.1, 0.15) is 10.7 Å². The summed E-state index contributed by atoms with van der Waals surface area (Å²) in [6, 6.07) is 3.12. The molecular weight excluding hydrogens is 324 g/mol. The molecule has 0 bridgehead atoms. The van der Waals surface area contributed by atoms with E-state index in [1.54, 1.807) is 12.1 Å². The summed E-state index contributed by atoms with van der Waals surface area (Å²) in [6.07, 6.45) is 1.07. The van der Waals surface area contributed by atoms with Crippen LogP contribution in [0, 0.1) is 0 Å². The SMILES string of the molecule is COc1cc(NC(=O)C2=CN=C(Cl)CC2=O)cc(OC)c1OC. The van der Waals surface area contributed by atoms with E-state index in [1.165, 1.54) is 21.3 Å². The number of hydrogen-bond acceptors (Lipinski definition) is 6. The average Bonchev–Trinajstić information content (AvgIpc) is 2.53. The van der Waals surface area contributed by atoms with E-state index in [0.717, 1.165) is 6.20 Å². The Morgan fingerprint density at radius 3 is 2.26 bits per heavy atom. The lowest BCUT2D eigenvalue weighted by Crippen LogP contribution is -2.23. The summed E-state index contributed by atoms with van der Waals surface area (Å²) >= 11 is 5.66. The number of benzene rings is 1. The largest absolute Gasteiger partial charge is 0.493 e. The first-order valence-corrected chi connectivity index (χ1v) is 6.94. The minimum atomic E-state index is -0.586. The number of carbonyl (C=O) groups is 2. The molecule has 0 spiro atoms. The minimum absolute atomic E-state index is 0.0665. The predicted octanol–water partition coefficient (Wildman–Crippen LogP) is 2.14. The van der Waals surface area contributed by atoms with Gasteiger partial charge in [-0.15, -0.1) is 0 Å². The number of anilines is 1. The Labute approximate surface area is 137 Å². The topological polar surface area (TPSA) is 86.2 Å². The van der Waals surface area contributed by atoms with Gasteiger partial charge in [-0.05, 0) is 0 Å². The molecule has 23 heavy (non-hydrogen) atoms. The van der Waals surface area contributed by atoms with E-state index in [-0.39, 0.29) is 17.2 Å². The lowest BCUT2D eigenvalue weighted by atomic mass is 10.1. The third-order valence-electron chi connectivity index (χ3n) is 3.11. The van der Waals surface area contributed by atoms with Crippen LogP contribution in [0.15, 0.2) is 28.9 Å². The Balaban J connectivity index is 2.30. The molecule has 0 fully saturated rings. The first kappa shape index (κ1) is 16.8. The first-order valence-electron chi connectivity index (χ1n) is 6.57. The van der Waals surface area contributed by atoms with Crippen LogP contribution in [0.25, 0.3) is 0 Å². The highest BCUT2D eigenvalue weighted by atomic mass is 35.5. The van der Waals surface area contributed by atoms with Gasteiger partial charge in [0.25, 0.3) is 5.91 Å². The Hall–Kier alpha value is -2.54. The Bertz CT molecular complexity index is 687. The van der Waals surface area contributed by atoms with Crippen molar-refractivity contribution in [3.05, 3.63) is 23.9 Å². The highest BCUT2D eigenvalue weighted by molar-refractivity contribution is 6.67. The van der Waals surface area contributed by atoms with Crippen molar-refractivity contribution in [2.24, 2.45) is 4.99 Å². The first-order chi connectivity index (χ1) is 11.0. The molecule has 2 rings (SSSR count). The molecule has 0 atom stereocenters. The summed E-state index contributed by atoms with van der Waals surface area (Å²) in [5.41, 5.74) is 0.321. The molecular formula is C15H15ClN2O5. The maximum atomic E-state index is 12.2. The normalized spacial score (nSPS) is 13.8. The second kappa shape index (κ2) is 7.15. The molecule has 0 saturated heterocycles. The number of nitrogens with one attached hydrogen (secondary N) is 1. The second-order valence-corrected chi connectivity index (χ2v) is 4.95. The van der Waals surface area contributed by atoms with E-state index in [4.69, 9.17) is 25.8 Å². The molecule has 1 N–H and O–H groups in total. The summed E-state index contributed by atoms with van der Waals surface area (Å²) < 4.78 is 15.6. The average molecular weight is 339 g/mol. The number of Topliss-reactive ketones (excluding diaryl/α,β-unsaturated/α-hetero) is 1. The Morgan fingerprint density at radius 1 is 1.17 bits per heavy atom. The molecule has 7 nitrogen and oxygen atoms in total. The number of aliphatic imine (C=N–C) groups is 1. The molecule has 1 aliphatic rings. The molecule has 0 saturated carbocycles. The summed E-state index contributed by atoms with van der Waals surface area (Å²) in [6.45, 7) is 0. The molecule has 0 radical (unpaired) electrons. The monoisotopic (exact) mass is 338 g/mol. The van der Waals surface area contributed by atoms with Gasteiger partial charge in [-0.25, -0.2) is 4.99 Å². The summed E-state index contributed by atoms with van der Waals surface area (Å²) in [7, 11) is 4.41. The van der Waals surface area contributed by atoms with Crippen LogP contribution in [0.5, 0.6) is 17.2 Å². The summed E-state index contributed by atoms with van der Waals surface area (Å²) in [5, 5.41) is 2.75. The number of carbonyl (C=O) groups excluding carboxylic acids is 2. The van der Waals surface area contributed by atoms with Crippen molar-refractivity contribution in [1.29, 1.82) is 0 Å². The number of rotatable bonds is 5. The van der Waals surface area contributed by atoms with Crippen molar-refractivity contribution in [1.82, 2.24) is 0 Å². The van der Waals surface area contributed by atoms with Crippen LogP contribution in [0.4, 0.5) is 5.69 Å². The number of amides is 1. The number of hydrogen-bond donors (Lipinski definition) is 1. The van der Waals surface area contributed by atoms with Crippen molar-refractivity contribution in [2.75, 3.05) is 26.6 Å². The molecule has 1 aromatic carbocycles. The zero-order valence-corrected chi connectivity index (χ0v) is 13.6. The quantitative estimate of drug-likeness (QED) is 0.831. The van der Waals surface area contributed by atoms with Crippen molar-refractivity contribution in [2.45, 2.75) is 6.42 Å². The molecule has 122 valence electrons. The van der Waals surface area contributed by atoms with E-state index in [0.29, 0.717) is 22.9 Å². The molecule has 0 unspecified atom stereocenters. The Kier molecular flexibility index (Phi) is 5.23. The fraction of sp³-hybridized carbons (Fsp3) is 0.267. The third kappa shape index (κ3) is 3.62. The molecule has 1 heterocycles. The van der Waals surface area contributed by atoms with Gasteiger partial charge in [0.2, 0.25) is 5.75 Å². The van der Waals surface area contributed by atoms with Gasteiger partial charge in [0.05, 0.1) is 27.8 Å². The summed E-state index contributed by atoms with van der Waals surface area (Å²) in [5.74, 6) is 0.184. The molecule has 1 amide bonds. The van der Waals surface area contributed by atoms with Crippen LogP contribution in [-0.2, 0) is 9.59 Å². The van der Waals surface area contributed by atoms with Crippen LogP contribution < -0.4 is 19.5 Å². The molecule has 0 aliphatic carbocycles. The van der Waals surface area contributed by atoms with E-state index in [1.807, 2.05) is 0 Å². The Morgan fingerprint density at radius 2 is 1.78 bits per heavy atom. The van der Waals surface area contributed by atoms with Crippen LogP contribution in [-0.4, -0.2) is 38.2 Å². The van der Waals surface area contributed by atoms with Crippen LogP contribution >= 0.6 is 11.6 Å². The van der Waals surface area contributed by atoms with Crippen molar-refractivity contribution in [3.8, 4) is 17.2 Å². The van der Waals surface area contributed by atoms with Gasteiger partial charge in [-0.1, -0.05) is 11.6 Å². The number of methoxy groups -OCH3 is 3. The van der Waals surface area contributed by atoms with Crippen molar-refractivity contribution < 1.29 is 23.8 Å². The van der Waals surface area contributed by atoms with E-state index < -0.39 is 11.7 Å². The number of ether oxygens (including phenoxy) is 3.